The van der Waals surface area contributed by atoms with Crippen molar-refractivity contribution in [2.45, 2.75) is 45.7 Å². The van der Waals surface area contributed by atoms with Gasteiger partial charge in [0.1, 0.15) is 5.75 Å². The zero-order chi connectivity index (χ0) is 15.0. The molecule has 0 amide bonds. The van der Waals surface area contributed by atoms with E-state index in [9.17, 15) is 0 Å². The third kappa shape index (κ3) is 5.14. The summed E-state index contributed by atoms with van der Waals surface area (Å²) in [6.45, 7) is 6.50. The van der Waals surface area contributed by atoms with Gasteiger partial charge >= 0.3 is 0 Å². The minimum absolute atomic E-state index is 0.366. The number of methoxy groups -OCH3 is 1. The Hall–Kier alpha value is -1.06. The SMILES string of the molecule is CCCCCN(C)Cc1cc(C(C)NC)ccc1OC. The fraction of sp³-hybridized carbons (Fsp3) is 0.647. The fourth-order valence-corrected chi connectivity index (χ4v) is 2.36. The smallest absolute Gasteiger partial charge is 0.123 e. The van der Waals surface area contributed by atoms with Gasteiger partial charge in [0.2, 0.25) is 0 Å². The van der Waals surface area contributed by atoms with Crippen molar-refractivity contribution in [3.8, 4) is 5.75 Å². The molecule has 0 aliphatic carbocycles. The van der Waals surface area contributed by atoms with Crippen molar-refractivity contribution >= 4 is 0 Å². The molecule has 3 heteroatoms. The van der Waals surface area contributed by atoms with Gasteiger partial charge in [-0.15, -0.1) is 0 Å². The highest BCUT2D eigenvalue weighted by Gasteiger charge is 2.10. The van der Waals surface area contributed by atoms with E-state index >= 15 is 0 Å². The third-order valence-electron chi connectivity index (χ3n) is 3.82. The van der Waals surface area contributed by atoms with Crippen LogP contribution in [0.25, 0.3) is 0 Å². The highest BCUT2D eigenvalue weighted by atomic mass is 16.5. The van der Waals surface area contributed by atoms with Crippen LogP contribution >= 0.6 is 0 Å². The molecule has 0 aliphatic heterocycles. The van der Waals surface area contributed by atoms with Crippen molar-refractivity contribution in [3.63, 3.8) is 0 Å². The van der Waals surface area contributed by atoms with Crippen molar-refractivity contribution in [1.29, 1.82) is 0 Å². The summed E-state index contributed by atoms with van der Waals surface area (Å²) >= 11 is 0. The van der Waals surface area contributed by atoms with E-state index in [1.165, 1.54) is 30.4 Å². The number of nitrogens with one attached hydrogen (secondary N) is 1. The zero-order valence-corrected chi connectivity index (χ0v) is 13.7. The molecule has 0 saturated heterocycles. The van der Waals surface area contributed by atoms with Crippen LogP contribution in [0.4, 0.5) is 0 Å². The second-order valence-corrected chi connectivity index (χ2v) is 5.53. The molecular formula is C17H30N2O. The summed E-state index contributed by atoms with van der Waals surface area (Å²) in [5, 5.41) is 3.29. The van der Waals surface area contributed by atoms with Crippen molar-refractivity contribution in [2.75, 3.05) is 27.7 Å². The van der Waals surface area contributed by atoms with Gasteiger partial charge in [0, 0.05) is 18.2 Å². The van der Waals surface area contributed by atoms with Gasteiger partial charge in [-0.2, -0.15) is 0 Å². The number of benzene rings is 1. The summed E-state index contributed by atoms with van der Waals surface area (Å²) in [4.78, 5) is 2.38. The molecule has 0 fully saturated rings. The number of ether oxygens (including phenoxy) is 1. The molecule has 1 rings (SSSR count). The monoisotopic (exact) mass is 278 g/mol. The first-order chi connectivity index (χ1) is 9.62. The largest absolute Gasteiger partial charge is 0.496 e. The molecule has 0 aliphatic rings. The van der Waals surface area contributed by atoms with E-state index < -0.39 is 0 Å². The molecular weight excluding hydrogens is 248 g/mol. The molecule has 0 aromatic heterocycles. The number of hydrogen-bond donors (Lipinski definition) is 1. The Labute approximate surface area is 124 Å². The Balaban J connectivity index is 2.75. The van der Waals surface area contributed by atoms with Crippen LogP contribution in [0.2, 0.25) is 0 Å². The Morgan fingerprint density at radius 3 is 2.65 bits per heavy atom. The topological polar surface area (TPSA) is 24.5 Å². The van der Waals surface area contributed by atoms with Crippen LogP contribution in [-0.2, 0) is 6.54 Å². The summed E-state index contributed by atoms with van der Waals surface area (Å²) < 4.78 is 5.49. The lowest BCUT2D eigenvalue weighted by atomic mass is 10.0. The molecule has 1 aromatic rings. The summed E-state index contributed by atoms with van der Waals surface area (Å²) in [6.07, 6.45) is 3.84. The molecule has 114 valence electrons. The Morgan fingerprint density at radius 2 is 2.05 bits per heavy atom. The maximum Gasteiger partial charge on any atom is 0.123 e. The maximum absolute atomic E-state index is 5.49. The van der Waals surface area contributed by atoms with Crippen LogP contribution in [0.3, 0.4) is 0 Å². The number of rotatable bonds is 9. The van der Waals surface area contributed by atoms with Crippen LogP contribution in [0.5, 0.6) is 5.75 Å². The lowest BCUT2D eigenvalue weighted by Crippen LogP contribution is -2.20. The van der Waals surface area contributed by atoms with Gasteiger partial charge in [0.15, 0.2) is 0 Å². The zero-order valence-electron chi connectivity index (χ0n) is 13.7. The van der Waals surface area contributed by atoms with E-state index in [0.717, 1.165) is 18.8 Å². The molecule has 0 heterocycles. The minimum atomic E-state index is 0.366. The first-order valence-corrected chi connectivity index (χ1v) is 7.65. The number of nitrogens with zero attached hydrogens (tertiary/aromatic N) is 1. The maximum atomic E-state index is 5.49. The predicted molar refractivity (Wildman–Crippen MR) is 86.3 cm³/mol. The van der Waals surface area contributed by atoms with E-state index in [0.29, 0.717) is 6.04 Å². The predicted octanol–water partition coefficient (Wildman–Crippen LogP) is 3.60. The highest BCUT2D eigenvalue weighted by molar-refractivity contribution is 5.38. The van der Waals surface area contributed by atoms with Gasteiger partial charge in [-0.05, 0) is 51.7 Å². The van der Waals surface area contributed by atoms with E-state index in [1.807, 2.05) is 7.05 Å². The number of unbranched alkanes of at least 4 members (excludes halogenated alkanes) is 2. The average Bonchev–Trinajstić information content (AvgIpc) is 2.46. The summed E-state index contributed by atoms with van der Waals surface area (Å²) in [7, 11) is 5.92. The lowest BCUT2D eigenvalue weighted by molar-refractivity contribution is 0.309. The van der Waals surface area contributed by atoms with Crippen molar-refractivity contribution in [1.82, 2.24) is 10.2 Å². The minimum Gasteiger partial charge on any atom is -0.496 e. The van der Waals surface area contributed by atoms with E-state index in [4.69, 9.17) is 4.74 Å². The van der Waals surface area contributed by atoms with Crippen LogP contribution < -0.4 is 10.1 Å². The quantitative estimate of drug-likeness (QED) is 0.699. The fourth-order valence-electron chi connectivity index (χ4n) is 2.36. The molecule has 20 heavy (non-hydrogen) atoms. The van der Waals surface area contributed by atoms with Crippen molar-refractivity contribution < 1.29 is 4.74 Å². The van der Waals surface area contributed by atoms with E-state index in [-0.39, 0.29) is 0 Å². The van der Waals surface area contributed by atoms with Gasteiger partial charge in [-0.3, -0.25) is 0 Å². The lowest BCUT2D eigenvalue weighted by Gasteiger charge is -2.20. The molecule has 1 atom stereocenters. The molecule has 0 radical (unpaired) electrons. The molecule has 0 spiro atoms. The average molecular weight is 278 g/mol. The third-order valence-corrected chi connectivity index (χ3v) is 3.82. The summed E-state index contributed by atoms with van der Waals surface area (Å²) in [5.41, 5.74) is 2.58. The standard InChI is InChI=1S/C17H30N2O/c1-6-7-8-11-19(4)13-16-12-15(14(2)18-3)9-10-17(16)20-5/h9-10,12,14,18H,6-8,11,13H2,1-5H3. The van der Waals surface area contributed by atoms with Gasteiger partial charge < -0.3 is 15.0 Å². The van der Waals surface area contributed by atoms with Gasteiger partial charge in [0.05, 0.1) is 7.11 Å². The molecule has 0 saturated carbocycles. The molecule has 0 bridgehead atoms. The number of hydrogen-bond acceptors (Lipinski definition) is 3. The first-order valence-electron chi connectivity index (χ1n) is 7.65. The van der Waals surface area contributed by atoms with Crippen molar-refractivity contribution in [3.05, 3.63) is 29.3 Å². The summed E-state index contributed by atoms with van der Waals surface area (Å²) in [6, 6.07) is 6.85. The van der Waals surface area contributed by atoms with E-state index in [1.54, 1.807) is 7.11 Å². The van der Waals surface area contributed by atoms with Crippen LogP contribution in [0.1, 0.15) is 50.3 Å². The Bertz CT molecular complexity index is 393. The Morgan fingerprint density at radius 1 is 1.30 bits per heavy atom. The molecule has 1 N–H and O–H groups in total. The molecule has 3 nitrogen and oxygen atoms in total. The van der Waals surface area contributed by atoms with Gasteiger partial charge in [-0.25, -0.2) is 0 Å². The second kappa shape index (κ2) is 8.98. The molecule has 1 aromatic carbocycles. The van der Waals surface area contributed by atoms with Gasteiger partial charge in [0.25, 0.3) is 0 Å². The van der Waals surface area contributed by atoms with Crippen LogP contribution in [0.15, 0.2) is 18.2 Å². The van der Waals surface area contributed by atoms with E-state index in [2.05, 4.69) is 49.3 Å². The van der Waals surface area contributed by atoms with Gasteiger partial charge in [-0.1, -0.05) is 25.8 Å². The van der Waals surface area contributed by atoms with Crippen LogP contribution in [0, 0.1) is 0 Å². The molecule has 1 unspecified atom stereocenters. The Kier molecular flexibility index (Phi) is 7.63. The summed E-state index contributed by atoms with van der Waals surface area (Å²) in [5.74, 6) is 0.986. The normalized spacial score (nSPS) is 12.7. The first kappa shape index (κ1) is 17.0. The second-order valence-electron chi connectivity index (χ2n) is 5.53. The van der Waals surface area contributed by atoms with Crippen LogP contribution in [-0.4, -0.2) is 32.6 Å². The highest BCUT2D eigenvalue weighted by Crippen LogP contribution is 2.24. The van der Waals surface area contributed by atoms with Crippen molar-refractivity contribution in [2.24, 2.45) is 0 Å².